The summed E-state index contributed by atoms with van der Waals surface area (Å²) in [6.07, 6.45) is 3.11. The lowest BCUT2D eigenvalue weighted by Gasteiger charge is -2.13. The Morgan fingerprint density at radius 2 is 1.95 bits per heavy atom. The van der Waals surface area contributed by atoms with Crippen molar-refractivity contribution in [3.8, 4) is 0 Å². The van der Waals surface area contributed by atoms with Crippen LogP contribution in [0.3, 0.4) is 0 Å². The van der Waals surface area contributed by atoms with Gasteiger partial charge in [0.15, 0.2) is 0 Å². The normalized spacial score (nSPS) is 13.2. The summed E-state index contributed by atoms with van der Waals surface area (Å²) in [7, 11) is -4.16. The van der Waals surface area contributed by atoms with E-state index in [0.717, 1.165) is 0 Å². The van der Waals surface area contributed by atoms with Crippen LogP contribution in [0, 0.1) is 5.92 Å². The lowest BCUT2D eigenvalue weighted by Crippen LogP contribution is -2.25. The molecule has 0 aliphatic heterocycles. The molecule has 0 saturated heterocycles. The Kier molecular flexibility index (Phi) is 8.01. The maximum atomic E-state index is 11.5. The van der Waals surface area contributed by atoms with Gasteiger partial charge in [0.2, 0.25) is 0 Å². The molecular weight excluding hydrogens is 276 g/mol. The second-order valence-electron chi connectivity index (χ2n) is 3.69. The molecule has 8 heteroatoms. The molecule has 0 aromatic carbocycles. The topological polar surface area (TPSA) is 107 Å². The Hall–Kier alpha value is -1.41. The van der Waals surface area contributed by atoms with Gasteiger partial charge in [0.05, 0.1) is 5.92 Å². The molecule has 1 unspecified atom stereocenters. The van der Waals surface area contributed by atoms with E-state index in [-0.39, 0.29) is 6.61 Å². The van der Waals surface area contributed by atoms with Gasteiger partial charge in [0.1, 0.15) is 19.0 Å². The molecule has 7 nitrogen and oxygen atoms in total. The molecule has 19 heavy (non-hydrogen) atoms. The van der Waals surface area contributed by atoms with Gasteiger partial charge in [-0.3, -0.25) is 9.35 Å². The molecule has 0 saturated carbocycles. The summed E-state index contributed by atoms with van der Waals surface area (Å²) in [6, 6.07) is 0. The molecule has 110 valence electrons. The summed E-state index contributed by atoms with van der Waals surface area (Å²) in [5.41, 5.74) is 0. The van der Waals surface area contributed by atoms with Crippen molar-refractivity contribution >= 4 is 22.1 Å². The van der Waals surface area contributed by atoms with Crippen molar-refractivity contribution in [1.29, 1.82) is 0 Å². The van der Waals surface area contributed by atoms with Crippen LogP contribution in [0.1, 0.15) is 20.3 Å². The minimum absolute atomic E-state index is 0.135. The van der Waals surface area contributed by atoms with Crippen molar-refractivity contribution in [3.63, 3.8) is 0 Å². The fourth-order valence-electron chi connectivity index (χ4n) is 1.08. The SMILES string of the molecule is CC=CC(=O)OCC(CC)C(=O)OCCS(=O)(=O)O. The van der Waals surface area contributed by atoms with Crippen LogP contribution in [0.15, 0.2) is 12.2 Å². The van der Waals surface area contributed by atoms with E-state index >= 15 is 0 Å². The summed E-state index contributed by atoms with van der Waals surface area (Å²) in [6.45, 7) is 2.79. The zero-order chi connectivity index (χ0) is 14.9. The van der Waals surface area contributed by atoms with Gasteiger partial charge in [-0.2, -0.15) is 8.42 Å². The fourth-order valence-corrected chi connectivity index (χ4v) is 1.38. The molecule has 0 radical (unpaired) electrons. The molecule has 1 N–H and O–H groups in total. The molecule has 0 aliphatic rings. The molecule has 0 spiro atoms. The Morgan fingerprint density at radius 3 is 2.42 bits per heavy atom. The first-order valence-corrected chi connectivity index (χ1v) is 7.32. The maximum Gasteiger partial charge on any atom is 0.330 e. The Labute approximate surface area is 112 Å². The number of carbonyl (C=O) groups is 2. The van der Waals surface area contributed by atoms with E-state index in [1.54, 1.807) is 13.8 Å². The standard InChI is InChI=1S/C11H18O7S/c1-3-5-10(12)18-8-9(4-2)11(13)17-6-7-19(14,15)16/h3,5,9H,4,6-8H2,1-2H3,(H,14,15,16). The zero-order valence-electron chi connectivity index (χ0n) is 10.9. The van der Waals surface area contributed by atoms with Crippen molar-refractivity contribution in [2.45, 2.75) is 20.3 Å². The van der Waals surface area contributed by atoms with Gasteiger partial charge in [-0.1, -0.05) is 13.0 Å². The molecule has 0 aromatic heterocycles. The molecule has 0 amide bonds. The first-order chi connectivity index (χ1) is 8.80. The predicted octanol–water partition coefficient (Wildman–Crippen LogP) is 0.563. The average molecular weight is 294 g/mol. The van der Waals surface area contributed by atoms with Crippen molar-refractivity contribution < 1.29 is 32.0 Å². The minimum Gasteiger partial charge on any atom is -0.464 e. The number of ether oxygens (including phenoxy) is 2. The third-order valence-corrected chi connectivity index (χ3v) is 2.82. The van der Waals surface area contributed by atoms with Crippen LogP contribution >= 0.6 is 0 Å². The van der Waals surface area contributed by atoms with E-state index in [1.807, 2.05) is 0 Å². The van der Waals surface area contributed by atoms with E-state index in [0.29, 0.717) is 6.42 Å². The molecule has 0 bridgehead atoms. The van der Waals surface area contributed by atoms with E-state index in [1.165, 1.54) is 12.2 Å². The summed E-state index contributed by atoms with van der Waals surface area (Å²) in [5, 5.41) is 0. The van der Waals surface area contributed by atoms with Gasteiger partial charge in [-0.15, -0.1) is 0 Å². The Bertz CT molecular complexity index is 424. The van der Waals surface area contributed by atoms with Gasteiger partial charge < -0.3 is 9.47 Å². The van der Waals surface area contributed by atoms with Crippen LogP contribution in [0.2, 0.25) is 0 Å². The monoisotopic (exact) mass is 294 g/mol. The van der Waals surface area contributed by atoms with Crippen molar-refractivity contribution in [1.82, 2.24) is 0 Å². The summed E-state index contributed by atoms with van der Waals surface area (Å²) in [4.78, 5) is 22.6. The van der Waals surface area contributed by atoms with Gasteiger partial charge in [-0.25, -0.2) is 4.79 Å². The first kappa shape index (κ1) is 17.6. The van der Waals surface area contributed by atoms with E-state index in [4.69, 9.17) is 9.29 Å². The molecule has 0 heterocycles. The van der Waals surface area contributed by atoms with Gasteiger partial charge >= 0.3 is 11.9 Å². The summed E-state index contributed by atoms with van der Waals surface area (Å²) < 4.78 is 38.8. The minimum atomic E-state index is -4.16. The highest BCUT2D eigenvalue weighted by molar-refractivity contribution is 7.85. The molecule has 1 atom stereocenters. The Morgan fingerprint density at radius 1 is 1.32 bits per heavy atom. The first-order valence-electron chi connectivity index (χ1n) is 5.71. The van der Waals surface area contributed by atoms with Crippen LogP contribution in [-0.2, 0) is 29.2 Å². The molecule has 0 fully saturated rings. The second kappa shape index (κ2) is 8.65. The zero-order valence-corrected chi connectivity index (χ0v) is 11.7. The van der Waals surface area contributed by atoms with Crippen LogP contribution in [-0.4, -0.2) is 43.9 Å². The van der Waals surface area contributed by atoms with Crippen LogP contribution in [0.4, 0.5) is 0 Å². The summed E-state index contributed by atoms with van der Waals surface area (Å²) in [5.74, 6) is -2.55. The van der Waals surface area contributed by atoms with Crippen molar-refractivity contribution in [3.05, 3.63) is 12.2 Å². The lowest BCUT2D eigenvalue weighted by atomic mass is 10.1. The highest BCUT2D eigenvalue weighted by Crippen LogP contribution is 2.06. The predicted molar refractivity (Wildman–Crippen MR) is 66.9 cm³/mol. The molecule has 0 rings (SSSR count). The molecule has 0 aliphatic carbocycles. The number of carbonyl (C=O) groups excluding carboxylic acids is 2. The number of hydrogen-bond acceptors (Lipinski definition) is 6. The van der Waals surface area contributed by atoms with Crippen LogP contribution in [0.25, 0.3) is 0 Å². The highest BCUT2D eigenvalue weighted by atomic mass is 32.2. The van der Waals surface area contributed by atoms with Crippen LogP contribution < -0.4 is 0 Å². The summed E-state index contributed by atoms with van der Waals surface area (Å²) >= 11 is 0. The number of rotatable bonds is 8. The fraction of sp³-hybridized carbons (Fsp3) is 0.636. The second-order valence-corrected chi connectivity index (χ2v) is 5.26. The number of hydrogen-bond donors (Lipinski definition) is 1. The number of esters is 2. The average Bonchev–Trinajstić information content (AvgIpc) is 2.28. The third kappa shape index (κ3) is 9.20. The van der Waals surface area contributed by atoms with E-state index in [2.05, 4.69) is 4.74 Å². The number of allylic oxidation sites excluding steroid dienone is 1. The largest absolute Gasteiger partial charge is 0.464 e. The molecule has 0 aromatic rings. The Balaban J connectivity index is 4.14. The highest BCUT2D eigenvalue weighted by Gasteiger charge is 2.20. The van der Waals surface area contributed by atoms with E-state index in [9.17, 15) is 18.0 Å². The maximum absolute atomic E-state index is 11.5. The molecular formula is C11H18O7S. The van der Waals surface area contributed by atoms with Gasteiger partial charge in [-0.05, 0) is 13.3 Å². The van der Waals surface area contributed by atoms with Crippen molar-refractivity contribution in [2.75, 3.05) is 19.0 Å². The smallest absolute Gasteiger partial charge is 0.330 e. The van der Waals surface area contributed by atoms with Crippen LogP contribution in [0.5, 0.6) is 0 Å². The lowest BCUT2D eigenvalue weighted by molar-refractivity contribution is -0.152. The third-order valence-electron chi connectivity index (χ3n) is 2.14. The van der Waals surface area contributed by atoms with E-state index < -0.39 is 40.3 Å². The quantitative estimate of drug-likeness (QED) is 0.396. The van der Waals surface area contributed by atoms with Crippen molar-refractivity contribution in [2.24, 2.45) is 5.92 Å². The van der Waals surface area contributed by atoms with Gasteiger partial charge in [0.25, 0.3) is 10.1 Å². The van der Waals surface area contributed by atoms with Gasteiger partial charge in [0, 0.05) is 6.08 Å².